The standard InChI is InChI=1S/C25H35N3O3/c1-20(19-29)26-24(30)14-8-13-23-17-27(15-21-9-4-2-5-10-21)18-25(31)28(23)16-22-11-6-3-7-12-22/h2-7,9-12,20,23-24,26,29-30H,8,13-19H2,1H3. The van der Waals surface area contributed by atoms with Crippen molar-refractivity contribution in [2.45, 2.75) is 57.6 Å². The number of rotatable bonds is 11. The third-order valence-corrected chi connectivity index (χ3v) is 5.80. The van der Waals surface area contributed by atoms with E-state index in [0.29, 0.717) is 19.5 Å². The van der Waals surface area contributed by atoms with Crippen LogP contribution >= 0.6 is 0 Å². The van der Waals surface area contributed by atoms with Crippen molar-refractivity contribution in [3.8, 4) is 0 Å². The fraction of sp³-hybridized carbons (Fsp3) is 0.480. The molecule has 0 bridgehead atoms. The van der Waals surface area contributed by atoms with E-state index in [4.69, 9.17) is 5.11 Å². The maximum Gasteiger partial charge on any atom is 0.237 e. The van der Waals surface area contributed by atoms with E-state index in [-0.39, 0.29) is 24.6 Å². The Balaban J connectivity index is 1.63. The van der Waals surface area contributed by atoms with E-state index in [1.807, 2.05) is 48.2 Å². The molecule has 2 aromatic rings. The van der Waals surface area contributed by atoms with Crippen LogP contribution in [0, 0.1) is 0 Å². The molecule has 0 spiro atoms. The largest absolute Gasteiger partial charge is 0.395 e. The van der Waals surface area contributed by atoms with Crippen molar-refractivity contribution in [2.75, 3.05) is 19.7 Å². The quantitative estimate of drug-likeness (QED) is 0.482. The van der Waals surface area contributed by atoms with Gasteiger partial charge in [-0.15, -0.1) is 0 Å². The van der Waals surface area contributed by atoms with E-state index >= 15 is 0 Å². The molecule has 168 valence electrons. The maximum absolute atomic E-state index is 13.1. The number of carbonyl (C=O) groups is 1. The van der Waals surface area contributed by atoms with Gasteiger partial charge in [0.05, 0.1) is 13.2 Å². The van der Waals surface area contributed by atoms with Gasteiger partial charge in [0.1, 0.15) is 6.23 Å². The second-order valence-corrected chi connectivity index (χ2v) is 8.51. The van der Waals surface area contributed by atoms with Gasteiger partial charge in [-0.2, -0.15) is 0 Å². The van der Waals surface area contributed by atoms with Gasteiger partial charge in [0.2, 0.25) is 5.91 Å². The highest BCUT2D eigenvalue weighted by Crippen LogP contribution is 2.21. The second kappa shape index (κ2) is 12.0. The Hall–Kier alpha value is -2.25. The minimum atomic E-state index is -0.649. The van der Waals surface area contributed by atoms with Gasteiger partial charge in [0.25, 0.3) is 0 Å². The number of aliphatic hydroxyl groups is 2. The van der Waals surface area contributed by atoms with Crippen LogP contribution in [0.2, 0.25) is 0 Å². The summed E-state index contributed by atoms with van der Waals surface area (Å²) in [6.45, 7) is 4.46. The lowest BCUT2D eigenvalue weighted by Crippen LogP contribution is -2.55. The van der Waals surface area contributed by atoms with Gasteiger partial charge in [-0.25, -0.2) is 0 Å². The second-order valence-electron chi connectivity index (χ2n) is 8.51. The van der Waals surface area contributed by atoms with Gasteiger partial charge in [-0.1, -0.05) is 60.7 Å². The Kier molecular flexibility index (Phi) is 9.03. The van der Waals surface area contributed by atoms with Gasteiger partial charge in [-0.3, -0.25) is 15.0 Å². The van der Waals surface area contributed by atoms with Crippen LogP contribution in [0.1, 0.15) is 37.3 Å². The van der Waals surface area contributed by atoms with Crippen LogP contribution in [0.5, 0.6) is 0 Å². The lowest BCUT2D eigenvalue weighted by Gasteiger charge is -2.41. The molecule has 1 heterocycles. The number of piperazine rings is 1. The topological polar surface area (TPSA) is 76.0 Å². The Bertz CT molecular complexity index is 787. The third-order valence-electron chi connectivity index (χ3n) is 5.80. The molecule has 0 saturated carbocycles. The molecule has 6 heteroatoms. The van der Waals surface area contributed by atoms with E-state index < -0.39 is 6.23 Å². The Morgan fingerprint density at radius 1 is 1.03 bits per heavy atom. The van der Waals surface area contributed by atoms with Crippen molar-refractivity contribution in [3.05, 3.63) is 71.8 Å². The summed E-state index contributed by atoms with van der Waals surface area (Å²) in [5.41, 5.74) is 2.35. The first kappa shape index (κ1) is 23.4. The highest BCUT2D eigenvalue weighted by Gasteiger charge is 2.32. The van der Waals surface area contributed by atoms with Crippen molar-refractivity contribution >= 4 is 5.91 Å². The minimum absolute atomic E-state index is 0.00646. The number of nitrogens with zero attached hydrogens (tertiary/aromatic N) is 2. The van der Waals surface area contributed by atoms with E-state index in [1.165, 1.54) is 5.56 Å². The van der Waals surface area contributed by atoms with Gasteiger partial charge in [0.15, 0.2) is 0 Å². The van der Waals surface area contributed by atoms with Crippen LogP contribution < -0.4 is 5.32 Å². The van der Waals surface area contributed by atoms with Crippen molar-refractivity contribution in [1.29, 1.82) is 0 Å². The van der Waals surface area contributed by atoms with Gasteiger partial charge >= 0.3 is 0 Å². The van der Waals surface area contributed by atoms with Crippen LogP contribution in [-0.4, -0.2) is 63.9 Å². The number of hydrogen-bond donors (Lipinski definition) is 3. The number of nitrogens with one attached hydrogen (secondary N) is 1. The minimum Gasteiger partial charge on any atom is -0.395 e. The molecule has 1 aliphatic rings. The molecule has 0 aliphatic carbocycles. The highest BCUT2D eigenvalue weighted by molar-refractivity contribution is 5.79. The highest BCUT2D eigenvalue weighted by atomic mass is 16.3. The van der Waals surface area contributed by atoms with Crippen molar-refractivity contribution in [3.63, 3.8) is 0 Å². The van der Waals surface area contributed by atoms with Gasteiger partial charge < -0.3 is 15.1 Å². The summed E-state index contributed by atoms with van der Waals surface area (Å²) in [4.78, 5) is 17.3. The SMILES string of the molecule is CC(CO)NC(O)CCCC1CN(Cc2ccccc2)CC(=O)N1Cc1ccccc1. The van der Waals surface area contributed by atoms with Crippen molar-refractivity contribution in [2.24, 2.45) is 0 Å². The molecule has 6 nitrogen and oxygen atoms in total. The smallest absolute Gasteiger partial charge is 0.237 e. The average molecular weight is 426 g/mol. The number of hydrogen-bond acceptors (Lipinski definition) is 5. The number of benzene rings is 2. The number of carbonyl (C=O) groups excluding carboxylic acids is 1. The zero-order valence-corrected chi connectivity index (χ0v) is 18.4. The normalized spacial score (nSPS) is 19.4. The number of aliphatic hydroxyl groups excluding tert-OH is 2. The molecule has 0 aromatic heterocycles. The molecule has 2 aromatic carbocycles. The van der Waals surface area contributed by atoms with E-state index in [1.54, 1.807) is 0 Å². The first-order chi connectivity index (χ1) is 15.0. The average Bonchev–Trinajstić information content (AvgIpc) is 2.77. The third kappa shape index (κ3) is 7.43. The van der Waals surface area contributed by atoms with E-state index in [2.05, 4.69) is 34.5 Å². The van der Waals surface area contributed by atoms with Crippen LogP contribution in [-0.2, 0) is 17.9 Å². The van der Waals surface area contributed by atoms with Crippen molar-refractivity contribution in [1.82, 2.24) is 15.1 Å². The molecule has 1 saturated heterocycles. The Labute approximate surface area is 185 Å². The Morgan fingerprint density at radius 2 is 1.65 bits per heavy atom. The number of amides is 1. The fourth-order valence-corrected chi connectivity index (χ4v) is 4.16. The zero-order chi connectivity index (χ0) is 22.1. The molecule has 1 aliphatic heterocycles. The van der Waals surface area contributed by atoms with E-state index in [0.717, 1.165) is 31.5 Å². The molecule has 1 amide bonds. The predicted octanol–water partition coefficient (Wildman–Crippen LogP) is 2.36. The molecule has 1 fully saturated rings. The van der Waals surface area contributed by atoms with Crippen molar-refractivity contribution < 1.29 is 15.0 Å². The summed E-state index contributed by atoms with van der Waals surface area (Å²) in [6, 6.07) is 20.3. The van der Waals surface area contributed by atoms with Crippen LogP contribution in [0.4, 0.5) is 0 Å². The molecule has 3 atom stereocenters. The summed E-state index contributed by atoms with van der Waals surface area (Å²) in [5.74, 6) is 0.156. The fourth-order valence-electron chi connectivity index (χ4n) is 4.16. The monoisotopic (exact) mass is 425 g/mol. The first-order valence-electron chi connectivity index (χ1n) is 11.2. The molecule has 31 heavy (non-hydrogen) atoms. The predicted molar refractivity (Wildman–Crippen MR) is 122 cm³/mol. The summed E-state index contributed by atoms with van der Waals surface area (Å²) in [6.07, 6.45) is 1.57. The summed E-state index contributed by atoms with van der Waals surface area (Å²) in [7, 11) is 0. The summed E-state index contributed by atoms with van der Waals surface area (Å²) >= 11 is 0. The summed E-state index contributed by atoms with van der Waals surface area (Å²) < 4.78 is 0. The van der Waals surface area contributed by atoms with E-state index in [9.17, 15) is 9.90 Å². The molecule has 3 N–H and O–H groups in total. The molecule has 0 radical (unpaired) electrons. The molecule has 3 unspecified atom stereocenters. The van der Waals surface area contributed by atoms with Gasteiger partial charge in [-0.05, 0) is 37.3 Å². The van der Waals surface area contributed by atoms with Crippen LogP contribution in [0.15, 0.2) is 60.7 Å². The molecular weight excluding hydrogens is 390 g/mol. The molecular formula is C25H35N3O3. The van der Waals surface area contributed by atoms with Crippen LogP contribution in [0.3, 0.4) is 0 Å². The lowest BCUT2D eigenvalue weighted by molar-refractivity contribution is -0.141. The van der Waals surface area contributed by atoms with Gasteiger partial charge in [0, 0.05) is 31.7 Å². The maximum atomic E-state index is 13.1. The lowest BCUT2D eigenvalue weighted by atomic mass is 10.0. The van der Waals surface area contributed by atoms with Crippen LogP contribution in [0.25, 0.3) is 0 Å². The molecule has 3 rings (SSSR count). The summed E-state index contributed by atoms with van der Waals surface area (Å²) in [5, 5.41) is 22.3. The first-order valence-corrected chi connectivity index (χ1v) is 11.2. The Morgan fingerprint density at radius 3 is 2.26 bits per heavy atom. The zero-order valence-electron chi connectivity index (χ0n) is 18.4.